The molecule has 0 aliphatic heterocycles. The molecule has 1 aromatic heterocycles. The van der Waals surface area contributed by atoms with Crippen molar-refractivity contribution in [1.29, 1.82) is 0 Å². The molecular formula is C13H15ClN4O2S. The second-order valence-electron chi connectivity index (χ2n) is 4.33. The fraction of sp³-hybridized carbons (Fsp3) is 0.231. The van der Waals surface area contributed by atoms with E-state index in [1.807, 2.05) is 0 Å². The molecule has 2 rings (SSSR count). The summed E-state index contributed by atoms with van der Waals surface area (Å²) in [6.45, 7) is 2.35. The first kappa shape index (κ1) is 15.7. The van der Waals surface area contributed by atoms with Crippen molar-refractivity contribution in [1.82, 2.24) is 14.7 Å². The van der Waals surface area contributed by atoms with Gasteiger partial charge in [-0.25, -0.2) is 18.1 Å². The predicted molar refractivity (Wildman–Crippen MR) is 81.9 cm³/mol. The van der Waals surface area contributed by atoms with Crippen LogP contribution in [0.4, 0.5) is 5.82 Å². The number of benzene rings is 1. The second-order valence-corrected chi connectivity index (χ2v) is 6.50. The molecule has 1 heterocycles. The summed E-state index contributed by atoms with van der Waals surface area (Å²) < 4.78 is 26.9. The van der Waals surface area contributed by atoms with Crippen molar-refractivity contribution < 1.29 is 8.42 Å². The van der Waals surface area contributed by atoms with Gasteiger partial charge in [0.05, 0.1) is 11.1 Å². The lowest BCUT2D eigenvalue weighted by Crippen LogP contribution is -2.29. The highest BCUT2D eigenvalue weighted by Gasteiger charge is 2.16. The molecular weight excluding hydrogens is 312 g/mol. The van der Waals surface area contributed by atoms with E-state index < -0.39 is 10.0 Å². The summed E-state index contributed by atoms with van der Waals surface area (Å²) >= 11 is 5.82. The third-order valence-electron chi connectivity index (χ3n) is 2.71. The average Bonchev–Trinajstić information content (AvgIpc) is 2.44. The lowest BCUT2D eigenvalue weighted by Gasteiger charge is -2.10. The van der Waals surface area contributed by atoms with E-state index in [1.54, 1.807) is 37.6 Å². The van der Waals surface area contributed by atoms with Crippen molar-refractivity contribution in [2.24, 2.45) is 0 Å². The van der Waals surface area contributed by atoms with Crippen LogP contribution in [0.15, 0.2) is 41.7 Å². The number of sulfonamides is 1. The molecule has 0 bridgehead atoms. The summed E-state index contributed by atoms with van der Waals surface area (Å²) in [5, 5.41) is 3.48. The second kappa shape index (κ2) is 6.84. The normalized spacial score (nSPS) is 11.3. The Morgan fingerprint density at radius 1 is 1.24 bits per heavy atom. The molecule has 112 valence electrons. The SMILES string of the molecule is Cc1cc(Cl)ccc1S(=O)(=O)NCCNc1cnccn1. The lowest BCUT2D eigenvalue weighted by molar-refractivity contribution is 0.582. The number of anilines is 1. The molecule has 2 N–H and O–H groups in total. The van der Waals surface area contributed by atoms with Crippen LogP contribution in [0.1, 0.15) is 5.56 Å². The van der Waals surface area contributed by atoms with Gasteiger partial charge in [0.15, 0.2) is 0 Å². The fourth-order valence-corrected chi connectivity index (χ4v) is 3.24. The van der Waals surface area contributed by atoms with Gasteiger partial charge < -0.3 is 5.32 Å². The molecule has 1 aromatic carbocycles. The quantitative estimate of drug-likeness (QED) is 0.791. The first-order chi connectivity index (χ1) is 9.99. The molecule has 0 amide bonds. The Hall–Kier alpha value is -1.70. The Balaban J connectivity index is 1.92. The van der Waals surface area contributed by atoms with Crippen LogP contribution < -0.4 is 10.0 Å². The Morgan fingerprint density at radius 2 is 2.05 bits per heavy atom. The molecule has 0 unspecified atom stereocenters. The van der Waals surface area contributed by atoms with Gasteiger partial charge in [-0.2, -0.15) is 0 Å². The van der Waals surface area contributed by atoms with E-state index in [9.17, 15) is 8.42 Å². The molecule has 8 heteroatoms. The number of halogens is 1. The number of nitrogens with zero attached hydrogens (tertiary/aromatic N) is 2. The van der Waals surface area contributed by atoms with Gasteiger partial charge in [-0.15, -0.1) is 0 Å². The minimum absolute atomic E-state index is 0.228. The summed E-state index contributed by atoms with van der Waals surface area (Å²) in [6, 6.07) is 4.67. The van der Waals surface area contributed by atoms with Gasteiger partial charge in [0.2, 0.25) is 10.0 Å². The highest BCUT2D eigenvalue weighted by atomic mass is 35.5. The summed E-state index contributed by atoms with van der Waals surface area (Å²) in [7, 11) is -3.55. The minimum Gasteiger partial charge on any atom is -0.367 e. The topological polar surface area (TPSA) is 84.0 Å². The zero-order valence-corrected chi connectivity index (χ0v) is 12.9. The summed E-state index contributed by atoms with van der Waals surface area (Å²) in [4.78, 5) is 8.16. The van der Waals surface area contributed by atoms with E-state index in [4.69, 9.17) is 11.6 Å². The number of rotatable bonds is 6. The smallest absolute Gasteiger partial charge is 0.240 e. The maximum absolute atomic E-state index is 12.2. The molecule has 0 aliphatic rings. The molecule has 0 radical (unpaired) electrons. The van der Waals surface area contributed by atoms with Crippen molar-refractivity contribution in [3.05, 3.63) is 47.4 Å². The lowest BCUT2D eigenvalue weighted by atomic mass is 10.2. The highest BCUT2D eigenvalue weighted by molar-refractivity contribution is 7.89. The van der Waals surface area contributed by atoms with Gasteiger partial charge in [-0.3, -0.25) is 4.98 Å². The largest absolute Gasteiger partial charge is 0.367 e. The van der Waals surface area contributed by atoms with Crippen LogP contribution in [-0.4, -0.2) is 31.5 Å². The molecule has 2 aromatic rings. The average molecular weight is 327 g/mol. The Bertz CT molecular complexity index is 707. The van der Waals surface area contributed by atoms with Crippen molar-refractivity contribution in [2.75, 3.05) is 18.4 Å². The Morgan fingerprint density at radius 3 is 2.71 bits per heavy atom. The van der Waals surface area contributed by atoms with Crippen molar-refractivity contribution in [3.8, 4) is 0 Å². The monoisotopic (exact) mass is 326 g/mol. The van der Waals surface area contributed by atoms with Crippen LogP contribution >= 0.6 is 11.6 Å². The van der Waals surface area contributed by atoms with Gasteiger partial charge in [0.1, 0.15) is 5.82 Å². The van der Waals surface area contributed by atoms with E-state index in [0.717, 1.165) is 0 Å². The molecule has 0 spiro atoms. The number of hydrogen-bond donors (Lipinski definition) is 2. The zero-order valence-electron chi connectivity index (χ0n) is 11.4. The first-order valence-electron chi connectivity index (χ1n) is 6.25. The molecule has 0 aliphatic carbocycles. The molecule has 21 heavy (non-hydrogen) atoms. The third-order valence-corrected chi connectivity index (χ3v) is 4.57. The van der Waals surface area contributed by atoms with Crippen LogP contribution in [0, 0.1) is 6.92 Å². The van der Waals surface area contributed by atoms with Crippen LogP contribution in [0.2, 0.25) is 5.02 Å². The number of hydrogen-bond acceptors (Lipinski definition) is 5. The van der Waals surface area contributed by atoms with E-state index in [2.05, 4.69) is 20.0 Å². The first-order valence-corrected chi connectivity index (χ1v) is 8.11. The Kier molecular flexibility index (Phi) is 5.11. The van der Waals surface area contributed by atoms with Gasteiger partial charge in [0, 0.05) is 30.5 Å². The zero-order chi connectivity index (χ0) is 15.3. The van der Waals surface area contributed by atoms with Crippen molar-refractivity contribution >= 4 is 27.4 Å². The summed E-state index contributed by atoms with van der Waals surface area (Å²) in [6.07, 6.45) is 4.69. The van der Waals surface area contributed by atoms with Crippen molar-refractivity contribution in [3.63, 3.8) is 0 Å². The molecule has 6 nitrogen and oxygen atoms in total. The van der Waals surface area contributed by atoms with Crippen LogP contribution in [0.3, 0.4) is 0 Å². The fourth-order valence-electron chi connectivity index (χ4n) is 1.76. The Labute approximate surface area is 128 Å². The van der Waals surface area contributed by atoms with Gasteiger partial charge in [-0.05, 0) is 30.7 Å². The van der Waals surface area contributed by atoms with E-state index in [0.29, 0.717) is 22.9 Å². The van der Waals surface area contributed by atoms with Crippen LogP contribution in [0.25, 0.3) is 0 Å². The molecule has 0 atom stereocenters. The van der Waals surface area contributed by atoms with E-state index >= 15 is 0 Å². The standard InChI is InChI=1S/C13H15ClN4O2S/c1-10-8-11(14)2-3-12(10)21(19,20)18-7-6-17-13-9-15-4-5-16-13/h2-5,8-9,18H,6-7H2,1H3,(H,16,17). The maximum atomic E-state index is 12.2. The predicted octanol–water partition coefficient (Wildman–Crippen LogP) is 1.83. The minimum atomic E-state index is -3.55. The van der Waals surface area contributed by atoms with Crippen molar-refractivity contribution in [2.45, 2.75) is 11.8 Å². The van der Waals surface area contributed by atoms with Gasteiger partial charge >= 0.3 is 0 Å². The molecule has 0 saturated carbocycles. The van der Waals surface area contributed by atoms with Gasteiger partial charge in [0.25, 0.3) is 0 Å². The summed E-state index contributed by atoms with van der Waals surface area (Å²) in [5.41, 5.74) is 0.608. The van der Waals surface area contributed by atoms with Gasteiger partial charge in [-0.1, -0.05) is 11.6 Å². The number of aromatic nitrogens is 2. The van der Waals surface area contributed by atoms with Crippen LogP contribution in [0.5, 0.6) is 0 Å². The third kappa shape index (κ3) is 4.38. The molecule has 0 fully saturated rings. The van der Waals surface area contributed by atoms with E-state index in [-0.39, 0.29) is 11.4 Å². The number of aryl methyl sites for hydroxylation is 1. The maximum Gasteiger partial charge on any atom is 0.240 e. The molecule has 0 saturated heterocycles. The summed E-state index contributed by atoms with van der Waals surface area (Å²) in [5.74, 6) is 0.597. The van der Waals surface area contributed by atoms with E-state index in [1.165, 1.54) is 6.07 Å². The van der Waals surface area contributed by atoms with Crippen LogP contribution in [-0.2, 0) is 10.0 Å². The highest BCUT2D eigenvalue weighted by Crippen LogP contribution is 2.19. The number of nitrogens with one attached hydrogen (secondary N) is 2.